The molecule has 0 fully saturated rings. The van der Waals surface area contributed by atoms with Gasteiger partial charge in [-0.05, 0) is 31.5 Å². The van der Waals surface area contributed by atoms with Gasteiger partial charge in [-0.3, -0.25) is 9.97 Å². The molecule has 2 rings (SSSR count). The summed E-state index contributed by atoms with van der Waals surface area (Å²) in [4.78, 5) is 7.98. The number of hydrogen-bond acceptors (Lipinski definition) is 4. The van der Waals surface area contributed by atoms with E-state index in [1.165, 1.54) is 12.1 Å². The van der Waals surface area contributed by atoms with E-state index in [1.807, 2.05) is 6.92 Å². The summed E-state index contributed by atoms with van der Waals surface area (Å²) < 4.78 is 18.4. The first kappa shape index (κ1) is 14.4. The molecule has 0 aliphatic carbocycles. The van der Waals surface area contributed by atoms with E-state index in [2.05, 4.69) is 9.97 Å². The highest BCUT2D eigenvalue weighted by Crippen LogP contribution is 2.29. The number of nitrogens with zero attached hydrogens (tertiary/aromatic N) is 2. The molecule has 1 N–H and O–H groups in total. The fourth-order valence-electron chi connectivity index (χ4n) is 1.80. The van der Waals surface area contributed by atoms with Crippen molar-refractivity contribution in [2.24, 2.45) is 0 Å². The van der Waals surface area contributed by atoms with Crippen LogP contribution >= 0.6 is 0 Å². The van der Waals surface area contributed by atoms with Crippen LogP contribution in [-0.2, 0) is 5.60 Å². The maximum atomic E-state index is 12.9. The first-order valence-corrected chi connectivity index (χ1v) is 6.46. The minimum Gasteiger partial charge on any atom is -0.492 e. The van der Waals surface area contributed by atoms with Gasteiger partial charge in [0.25, 0.3) is 0 Å². The Balaban J connectivity index is 2.30. The lowest BCUT2D eigenvalue weighted by molar-refractivity contribution is 0.0964. The summed E-state index contributed by atoms with van der Waals surface area (Å²) in [5.74, 6) is 0.148. The lowest BCUT2D eigenvalue weighted by atomic mass is 9.93. The van der Waals surface area contributed by atoms with Gasteiger partial charge >= 0.3 is 0 Å². The van der Waals surface area contributed by atoms with Gasteiger partial charge < -0.3 is 9.84 Å². The minimum atomic E-state index is -1.35. The van der Waals surface area contributed by atoms with Crippen LogP contribution in [0.4, 0.5) is 4.39 Å². The van der Waals surface area contributed by atoms with Gasteiger partial charge in [0.15, 0.2) is 0 Å². The van der Waals surface area contributed by atoms with Gasteiger partial charge in [-0.25, -0.2) is 4.39 Å². The van der Waals surface area contributed by atoms with E-state index in [0.29, 0.717) is 23.6 Å². The molecule has 1 atom stereocenters. The molecule has 5 heteroatoms. The third-order valence-electron chi connectivity index (χ3n) is 2.97. The standard InChI is InChI=1S/C15H17FN2O2/c1-3-6-20-13-7-11(8-17-10-13)15(2,19)14-5-4-12(16)9-18-14/h4-5,7-10,19H,3,6H2,1-2H3. The Hall–Kier alpha value is -2.01. The third-order valence-corrected chi connectivity index (χ3v) is 2.97. The van der Waals surface area contributed by atoms with Crippen LogP contribution < -0.4 is 4.74 Å². The van der Waals surface area contributed by atoms with Gasteiger partial charge in [-0.15, -0.1) is 0 Å². The van der Waals surface area contributed by atoms with Gasteiger partial charge in [0.05, 0.1) is 24.7 Å². The summed E-state index contributed by atoms with van der Waals surface area (Å²) in [7, 11) is 0. The van der Waals surface area contributed by atoms with Crippen LogP contribution in [0.3, 0.4) is 0 Å². The molecule has 4 nitrogen and oxygen atoms in total. The summed E-state index contributed by atoms with van der Waals surface area (Å²) in [5.41, 5.74) is -0.453. The molecule has 0 bridgehead atoms. The van der Waals surface area contributed by atoms with E-state index < -0.39 is 11.4 Å². The van der Waals surface area contributed by atoms with Crippen molar-refractivity contribution in [3.8, 4) is 5.75 Å². The van der Waals surface area contributed by atoms with Crippen molar-refractivity contribution in [3.63, 3.8) is 0 Å². The zero-order chi connectivity index (χ0) is 14.6. The Bertz CT molecular complexity index is 570. The topological polar surface area (TPSA) is 55.2 Å². The Morgan fingerprint density at radius 3 is 2.75 bits per heavy atom. The van der Waals surface area contributed by atoms with Gasteiger partial charge in [-0.2, -0.15) is 0 Å². The first-order chi connectivity index (χ1) is 9.54. The molecule has 106 valence electrons. The molecule has 20 heavy (non-hydrogen) atoms. The molecule has 2 aromatic heterocycles. The predicted molar refractivity (Wildman–Crippen MR) is 72.9 cm³/mol. The number of halogens is 1. The molecule has 0 radical (unpaired) electrons. The Kier molecular flexibility index (Phi) is 4.29. The minimum absolute atomic E-state index is 0.355. The lowest BCUT2D eigenvalue weighted by Gasteiger charge is -2.23. The highest BCUT2D eigenvalue weighted by molar-refractivity contribution is 5.34. The molecule has 0 saturated heterocycles. The van der Waals surface area contributed by atoms with E-state index in [0.717, 1.165) is 12.6 Å². The van der Waals surface area contributed by atoms with Gasteiger partial charge in [0, 0.05) is 11.8 Å². The van der Waals surface area contributed by atoms with Crippen LogP contribution in [0.2, 0.25) is 0 Å². The highest BCUT2D eigenvalue weighted by Gasteiger charge is 2.28. The molecule has 0 aliphatic heterocycles. The quantitative estimate of drug-likeness (QED) is 0.912. The summed E-state index contributed by atoms with van der Waals surface area (Å²) in [6.45, 7) is 4.19. The zero-order valence-electron chi connectivity index (χ0n) is 11.5. The molecule has 0 aliphatic rings. The summed E-state index contributed by atoms with van der Waals surface area (Å²) in [6.07, 6.45) is 5.10. The van der Waals surface area contributed by atoms with Crippen molar-refractivity contribution in [1.29, 1.82) is 0 Å². The monoisotopic (exact) mass is 276 g/mol. The molecular formula is C15H17FN2O2. The highest BCUT2D eigenvalue weighted by atomic mass is 19.1. The summed E-state index contributed by atoms with van der Waals surface area (Å²) in [5, 5.41) is 10.6. The van der Waals surface area contributed by atoms with Crippen molar-refractivity contribution >= 4 is 0 Å². The smallest absolute Gasteiger partial charge is 0.141 e. The van der Waals surface area contributed by atoms with Gasteiger partial charge in [-0.1, -0.05) is 6.92 Å². The Labute approximate surface area is 117 Å². The first-order valence-electron chi connectivity index (χ1n) is 6.46. The summed E-state index contributed by atoms with van der Waals surface area (Å²) >= 11 is 0. The lowest BCUT2D eigenvalue weighted by Crippen LogP contribution is -2.24. The second-order valence-electron chi connectivity index (χ2n) is 4.69. The van der Waals surface area contributed by atoms with Crippen LogP contribution in [0.5, 0.6) is 5.75 Å². The average molecular weight is 276 g/mol. The number of hydrogen-bond donors (Lipinski definition) is 1. The average Bonchev–Trinajstić information content (AvgIpc) is 2.46. The van der Waals surface area contributed by atoms with Crippen LogP contribution in [-0.4, -0.2) is 21.7 Å². The van der Waals surface area contributed by atoms with Crippen LogP contribution in [0, 0.1) is 5.82 Å². The zero-order valence-corrected chi connectivity index (χ0v) is 11.5. The van der Waals surface area contributed by atoms with E-state index in [4.69, 9.17) is 4.74 Å². The van der Waals surface area contributed by atoms with Crippen molar-refractivity contribution in [2.45, 2.75) is 25.9 Å². The second kappa shape index (κ2) is 5.96. The SMILES string of the molecule is CCCOc1cncc(C(C)(O)c2ccc(F)cn2)c1. The normalized spacial score (nSPS) is 13.8. The van der Waals surface area contributed by atoms with Crippen LogP contribution in [0.1, 0.15) is 31.5 Å². The van der Waals surface area contributed by atoms with Crippen LogP contribution in [0.25, 0.3) is 0 Å². The van der Waals surface area contributed by atoms with Crippen molar-refractivity contribution in [3.05, 3.63) is 53.9 Å². The molecule has 1 unspecified atom stereocenters. The number of pyridine rings is 2. The van der Waals surface area contributed by atoms with E-state index in [-0.39, 0.29) is 0 Å². The third kappa shape index (κ3) is 3.11. The number of rotatable bonds is 5. The fourth-order valence-corrected chi connectivity index (χ4v) is 1.80. The molecule has 2 aromatic rings. The molecule has 0 aromatic carbocycles. The Morgan fingerprint density at radius 1 is 1.30 bits per heavy atom. The number of aliphatic hydroxyl groups is 1. The van der Waals surface area contributed by atoms with Crippen LogP contribution in [0.15, 0.2) is 36.8 Å². The predicted octanol–water partition coefficient (Wildman–Crippen LogP) is 2.66. The molecular weight excluding hydrogens is 259 g/mol. The molecule has 0 amide bonds. The van der Waals surface area contributed by atoms with Crippen molar-refractivity contribution in [1.82, 2.24) is 9.97 Å². The van der Waals surface area contributed by atoms with Crippen molar-refractivity contribution < 1.29 is 14.2 Å². The van der Waals surface area contributed by atoms with Crippen molar-refractivity contribution in [2.75, 3.05) is 6.61 Å². The molecule has 0 saturated carbocycles. The van der Waals surface area contributed by atoms with E-state index in [9.17, 15) is 9.50 Å². The van der Waals surface area contributed by atoms with E-state index in [1.54, 1.807) is 25.4 Å². The maximum Gasteiger partial charge on any atom is 0.141 e. The molecule has 0 spiro atoms. The fraction of sp³-hybridized carbons (Fsp3) is 0.333. The maximum absolute atomic E-state index is 12.9. The van der Waals surface area contributed by atoms with E-state index >= 15 is 0 Å². The molecule has 2 heterocycles. The number of aromatic nitrogens is 2. The second-order valence-corrected chi connectivity index (χ2v) is 4.69. The summed E-state index contributed by atoms with van der Waals surface area (Å²) in [6, 6.07) is 4.43. The van der Waals surface area contributed by atoms with Gasteiger partial charge in [0.1, 0.15) is 17.2 Å². The number of ether oxygens (including phenoxy) is 1. The largest absolute Gasteiger partial charge is 0.492 e. The Morgan fingerprint density at radius 2 is 2.10 bits per heavy atom. The van der Waals surface area contributed by atoms with Gasteiger partial charge in [0.2, 0.25) is 0 Å².